The van der Waals surface area contributed by atoms with Gasteiger partial charge in [0.25, 0.3) is 0 Å². The van der Waals surface area contributed by atoms with Crippen LogP contribution in [0.2, 0.25) is 0 Å². The highest BCUT2D eigenvalue weighted by atomic mass is 16.5. The lowest BCUT2D eigenvalue weighted by Gasteiger charge is -2.12. The number of carbonyl (C=O) groups excluding carboxylic acids is 2. The SMILES string of the molecule is COC(=O)c1ccc(NC(=O)CCc2oc(C(C)(C)C)nc2C)cc1. The van der Waals surface area contributed by atoms with E-state index in [1.807, 2.05) is 27.7 Å². The van der Waals surface area contributed by atoms with Crippen molar-refractivity contribution in [2.45, 2.75) is 46.0 Å². The fourth-order valence-electron chi connectivity index (χ4n) is 2.24. The molecule has 134 valence electrons. The van der Waals surface area contributed by atoms with E-state index in [0.29, 0.717) is 30.0 Å². The zero-order valence-corrected chi connectivity index (χ0v) is 15.3. The highest BCUT2D eigenvalue weighted by molar-refractivity contribution is 5.93. The number of hydrogen-bond acceptors (Lipinski definition) is 5. The Morgan fingerprint density at radius 3 is 2.36 bits per heavy atom. The second-order valence-corrected chi connectivity index (χ2v) is 6.89. The van der Waals surface area contributed by atoms with Crippen molar-refractivity contribution in [1.82, 2.24) is 4.98 Å². The molecule has 25 heavy (non-hydrogen) atoms. The van der Waals surface area contributed by atoms with E-state index in [-0.39, 0.29) is 11.3 Å². The van der Waals surface area contributed by atoms with Gasteiger partial charge in [0.2, 0.25) is 5.91 Å². The molecular weight excluding hydrogens is 320 g/mol. The molecule has 0 saturated carbocycles. The van der Waals surface area contributed by atoms with Gasteiger partial charge in [0.15, 0.2) is 5.89 Å². The van der Waals surface area contributed by atoms with E-state index in [1.54, 1.807) is 24.3 Å². The monoisotopic (exact) mass is 344 g/mol. The van der Waals surface area contributed by atoms with Crippen LogP contribution in [0.1, 0.15) is 54.9 Å². The number of methoxy groups -OCH3 is 1. The summed E-state index contributed by atoms with van der Waals surface area (Å²) in [5.41, 5.74) is 1.72. The van der Waals surface area contributed by atoms with Crippen LogP contribution in [0.4, 0.5) is 5.69 Å². The molecule has 0 radical (unpaired) electrons. The summed E-state index contributed by atoms with van der Waals surface area (Å²) in [6.07, 6.45) is 0.777. The van der Waals surface area contributed by atoms with Gasteiger partial charge < -0.3 is 14.5 Å². The smallest absolute Gasteiger partial charge is 0.337 e. The number of oxazole rings is 1. The Morgan fingerprint density at radius 2 is 1.84 bits per heavy atom. The van der Waals surface area contributed by atoms with Crippen molar-refractivity contribution >= 4 is 17.6 Å². The second-order valence-electron chi connectivity index (χ2n) is 6.89. The van der Waals surface area contributed by atoms with Crippen LogP contribution < -0.4 is 5.32 Å². The van der Waals surface area contributed by atoms with Crippen molar-refractivity contribution < 1.29 is 18.7 Å². The van der Waals surface area contributed by atoms with Gasteiger partial charge in [-0.15, -0.1) is 0 Å². The molecule has 0 aliphatic carbocycles. The van der Waals surface area contributed by atoms with Crippen molar-refractivity contribution in [3.05, 3.63) is 47.2 Å². The van der Waals surface area contributed by atoms with Crippen molar-refractivity contribution in [1.29, 1.82) is 0 Å². The van der Waals surface area contributed by atoms with Crippen LogP contribution in [0.3, 0.4) is 0 Å². The molecule has 0 bridgehead atoms. The summed E-state index contributed by atoms with van der Waals surface area (Å²) in [7, 11) is 1.33. The molecule has 1 aromatic heterocycles. The number of ether oxygens (including phenoxy) is 1. The standard InChI is InChI=1S/C19H24N2O4/c1-12-15(25-18(20-12)19(2,3)4)10-11-16(22)21-14-8-6-13(7-9-14)17(23)24-5/h6-9H,10-11H2,1-5H3,(H,21,22). The van der Waals surface area contributed by atoms with E-state index in [0.717, 1.165) is 11.5 Å². The fourth-order valence-corrected chi connectivity index (χ4v) is 2.24. The average Bonchev–Trinajstić information content (AvgIpc) is 2.94. The van der Waals surface area contributed by atoms with E-state index in [2.05, 4.69) is 15.0 Å². The Morgan fingerprint density at radius 1 is 1.20 bits per heavy atom. The van der Waals surface area contributed by atoms with Gasteiger partial charge >= 0.3 is 5.97 Å². The third-order valence-electron chi connectivity index (χ3n) is 3.70. The number of nitrogens with zero attached hydrogens (tertiary/aromatic N) is 1. The van der Waals surface area contributed by atoms with Crippen LogP contribution in [-0.4, -0.2) is 24.0 Å². The maximum atomic E-state index is 12.1. The predicted molar refractivity (Wildman–Crippen MR) is 94.7 cm³/mol. The topological polar surface area (TPSA) is 81.4 Å². The molecule has 0 unspecified atom stereocenters. The van der Waals surface area contributed by atoms with E-state index in [4.69, 9.17) is 4.42 Å². The number of benzene rings is 1. The highest BCUT2D eigenvalue weighted by Crippen LogP contribution is 2.24. The fraction of sp³-hybridized carbons (Fsp3) is 0.421. The molecule has 0 aliphatic heterocycles. The number of rotatable bonds is 5. The lowest BCUT2D eigenvalue weighted by atomic mass is 9.97. The van der Waals surface area contributed by atoms with Gasteiger partial charge in [-0.25, -0.2) is 9.78 Å². The van der Waals surface area contributed by atoms with E-state index < -0.39 is 5.97 Å². The van der Waals surface area contributed by atoms with Gasteiger partial charge in [0, 0.05) is 23.9 Å². The van der Waals surface area contributed by atoms with Gasteiger partial charge in [-0.1, -0.05) is 20.8 Å². The summed E-state index contributed by atoms with van der Waals surface area (Å²) < 4.78 is 10.4. The predicted octanol–water partition coefficient (Wildman–Crippen LogP) is 3.64. The van der Waals surface area contributed by atoms with Crippen LogP contribution >= 0.6 is 0 Å². The van der Waals surface area contributed by atoms with E-state index in [1.165, 1.54) is 7.11 Å². The van der Waals surface area contributed by atoms with Crippen molar-refractivity contribution in [2.75, 3.05) is 12.4 Å². The summed E-state index contributed by atoms with van der Waals surface area (Å²) >= 11 is 0. The Kier molecular flexibility index (Phi) is 5.62. The molecule has 0 atom stereocenters. The first kappa shape index (κ1) is 18.7. The molecule has 2 aromatic rings. The van der Waals surface area contributed by atoms with E-state index in [9.17, 15) is 9.59 Å². The van der Waals surface area contributed by atoms with Crippen LogP contribution in [0, 0.1) is 6.92 Å². The van der Waals surface area contributed by atoms with Crippen molar-refractivity contribution in [3.8, 4) is 0 Å². The third kappa shape index (κ3) is 4.92. The number of nitrogens with one attached hydrogen (secondary N) is 1. The first-order valence-corrected chi connectivity index (χ1v) is 8.15. The lowest BCUT2D eigenvalue weighted by molar-refractivity contribution is -0.116. The summed E-state index contributed by atoms with van der Waals surface area (Å²) in [5, 5.41) is 2.80. The molecule has 0 saturated heterocycles. The average molecular weight is 344 g/mol. The molecule has 0 aliphatic rings. The molecule has 0 fully saturated rings. The zero-order valence-electron chi connectivity index (χ0n) is 15.3. The minimum Gasteiger partial charge on any atom is -0.465 e. The quantitative estimate of drug-likeness (QED) is 0.838. The number of hydrogen-bond donors (Lipinski definition) is 1. The number of anilines is 1. The van der Waals surface area contributed by atoms with Gasteiger partial charge in [-0.2, -0.15) is 0 Å². The second kappa shape index (κ2) is 7.51. The molecule has 1 aromatic carbocycles. The number of esters is 1. The van der Waals surface area contributed by atoms with Gasteiger partial charge in [-0.3, -0.25) is 4.79 Å². The largest absolute Gasteiger partial charge is 0.465 e. The summed E-state index contributed by atoms with van der Waals surface area (Å²) in [6.45, 7) is 7.99. The Bertz CT molecular complexity index is 755. The van der Waals surface area contributed by atoms with E-state index >= 15 is 0 Å². The van der Waals surface area contributed by atoms with Crippen LogP contribution in [-0.2, 0) is 21.4 Å². The first-order valence-electron chi connectivity index (χ1n) is 8.15. The molecule has 1 amide bonds. The molecule has 6 heteroatoms. The van der Waals surface area contributed by atoms with Crippen LogP contribution in [0.15, 0.2) is 28.7 Å². The molecular formula is C19H24N2O4. The van der Waals surface area contributed by atoms with Gasteiger partial charge in [0.05, 0.1) is 18.4 Å². The minimum absolute atomic E-state index is 0.126. The highest BCUT2D eigenvalue weighted by Gasteiger charge is 2.22. The number of aromatic nitrogens is 1. The van der Waals surface area contributed by atoms with Crippen molar-refractivity contribution in [3.63, 3.8) is 0 Å². The molecule has 0 spiro atoms. The first-order chi connectivity index (χ1) is 11.7. The Hall–Kier alpha value is -2.63. The molecule has 2 rings (SSSR count). The Balaban J connectivity index is 1.93. The zero-order chi connectivity index (χ0) is 18.6. The van der Waals surface area contributed by atoms with Crippen molar-refractivity contribution in [2.24, 2.45) is 0 Å². The number of aryl methyl sites for hydroxylation is 2. The molecule has 1 heterocycles. The Labute approximate surface area is 147 Å². The van der Waals surface area contributed by atoms with Crippen LogP contribution in [0.25, 0.3) is 0 Å². The lowest BCUT2D eigenvalue weighted by Crippen LogP contribution is -2.12. The minimum atomic E-state index is -0.409. The van der Waals surface area contributed by atoms with Crippen LogP contribution in [0.5, 0.6) is 0 Å². The number of carbonyl (C=O) groups is 2. The molecule has 1 N–H and O–H groups in total. The molecule has 6 nitrogen and oxygen atoms in total. The van der Waals surface area contributed by atoms with Gasteiger partial charge in [-0.05, 0) is 31.2 Å². The maximum Gasteiger partial charge on any atom is 0.337 e. The summed E-state index contributed by atoms with van der Waals surface area (Å²) in [6, 6.07) is 6.55. The van der Waals surface area contributed by atoms with Gasteiger partial charge in [0.1, 0.15) is 5.76 Å². The summed E-state index contributed by atoms with van der Waals surface area (Å²) in [4.78, 5) is 27.9. The third-order valence-corrected chi connectivity index (χ3v) is 3.70. The number of amides is 1. The summed E-state index contributed by atoms with van der Waals surface area (Å²) in [5.74, 6) is 0.882. The normalized spacial score (nSPS) is 11.2. The maximum absolute atomic E-state index is 12.1.